The van der Waals surface area contributed by atoms with Gasteiger partial charge in [-0.25, -0.2) is 4.98 Å². The minimum Gasteiger partial charge on any atom is -0.459 e. The molecule has 2 atom stereocenters. The number of carbonyl (C=O) groups excluding carboxylic acids is 2. The highest BCUT2D eigenvalue weighted by Gasteiger charge is 2.54. The zero-order chi connectivity index (χ0) is 20.6. The second-order valence-corrected chi connectivity index (χ2v) is 8.91. The van der Waals surface area contributed by atoms with Gasteiger partial charge in [0.1, 0.15) is 5.82 Å². The van der Waals surface area contributed by atoms with Crippen LogP contribution in [0, 0.1) is 17.3 Å². The Balaban J connectivity index is 1.41. The van der Waals surface area contributed by atoms with E-state index in [2.05, 4.69) is 15.2 Å². The van der Waals surface area contributed by atoms with Crippen LogP contribution >= 0.6 is 0 Å². The summed E-state index contributed by atoms with van der Waals surface area (Å²) >= 11 is 0. The average Bonchev–Trinajstić information content (AvgIpc) is 3.36. The summed E-state index contributed by atoms with van der Waals surface area (Å²) in [5.74, 6) is 2.00. The van der Waals surface area contributed by atoms with Crippen LogP contribution in [-0.2, 0) is 4.79 Å². The molecule has 2 amide bonds. The first-order valence-corrected chi connectivity index (χ1v) is 10.9. The highest BCUT2D eigenvalue weighted by molar-refractivity contribution is 5.92. The number of likely N-dealkylation sites (tertiary alicyclic amines) is 1. The van der Waals surface area contributed by atoms with Crippen LogP contribution in [0.25, 0.3) is 0 Å². The van der Waals surface area contributed by atoms with E-state index in [1.807, 2.05) is 23.1 Å². The smallest absolute Gasteiger partial charge is 0.289 e. The fourth-order valence-corrected chi connectivity index (χ4v) is 4.99. The molecule has 0 unspecified atom stereocenters. The van der Waals surface area contributed by atoms with Crippen LogP contribution in [0.15, 0.2) is 47.2 Å². The third kappa shape index (κ3) is 3.57. The number of carbonyl (C=O) groups is 2. The lowest BCUT2D eigenvalue weighted by Crippen LogP contribution is -2.48. The van der Waals surface area contributed by atoms with Crippen LogP contribution in [0.5, 0.6) is 0 Å². The Morgan fingerprint density at radius 3 is 2.83 bits per heavy atom. The first-order valence-electron chi connectivity index (χ1n) is 10.9. The van der Waals surface area contributed by atoms with Gasteiger partial charge < -0.3 is 19.5 Å². The summed E-state index contributed by atoms with van der Waals surface area (Å²) in [6.07, 6.45) is 7.31. The fraction of sp³-hybridized carbons (Fsp3) is 0.522. The van der Waals surface area contributed by atoms with Crippen LogP contribution in [-0.4, -0.2) is 54.4 Å². The molecule has 2 aromatic rings. The Labute approximate surface area is 176 Å². The van der Waals surface area contributed by atoms with Gasteiger partial charge in [0, 0.05) is 44.8 Å². The predicted molar refractivity (Wildman–Crippen MR) is 112 cm³/mol. The molecule has 0 aromatic carbocycles. The van der Waals surface area contributed by atoms with Crippen molar-refractivity contribution in [3.8, 4) is 0 Å². The standard InChI is InChI=1S/C23H28N4O3/c28-21(19-5-3-12-30-19)26-11-4-9-23(22(29)25-13-17-7-8-17)16-27(15-18(23)14-26)20-6-1-2-10-24-20/h1-3,5-6,10,12,17-18H,4,7-9,11,13-16H2,(H,25,29)/t18-,23-/m0/s1. The van der Waals surface area contributed by atoms with Crippen LogP contribution < -0.4 is 10.2 Å². The van der Waals surface area contributed by atoms with Gasteiger partial charge in [0.2, 0.25) is 5.91 Å². The number of aromatic nitrogens is 1. The van der Waals surface area contributed by atoms with E-state index in [1.165, 1.54) is 19.1 Å². The van der Waals surface area contributed by atoms with E-state index in [4.69, 9.17) is 4.42 Å². The summed E-state index contributed by atoms with van der Waals surface area (Å²) in [7, 11) is 0. The normalized spacial score (nSPS) is 26.2. The van der Waals surface area contributed by atoms with Gasteiger partial charge in [-0.15, -0.1) is 0 Å². The second kappa shape index (κ2) is 7.78. The zero-order valence-electron chi connectivity index (χ0n) is 17.1. The molecule has 1 saturated carbocycles. The molecule has 7 heteroatoms. The van der Waals surface area contributed by atoms with Crippen molar-refractivity contribution in [1.29, 1.82) is 0 Å². The summed E-state index contributed by atoms with van der Waals surface area (Å²) in [6, 6.07) is 9.31. The molecule has 3 fully saturated rings. The maximum Gasteiger partial charge on any atom is 0.289 e. The summed E-state index contributed by atoms with van der Waals surface area (Å²) in [5, 5.41) is 3.24. The number of nitrogens with zero attached hydrogens (tertiary/aromatic N) is 3. The van der Waals surface area contributed by atoms with Gasteiger partial charge in [-0.3, -0.25) is 9.59 Å². The molecule has 0 radical (unpaired) electrons. The number of rotatable bonds is 5. The van der Waals surface area contributed by atoms with Gasteiger partial charge in [-0.1, -0.05) is 6.07 Å². The topological polar surface area (TPSA) is 78.7 Å². The first kappa shape index (κ1) is 19.2. The second-order valence-electron chi connectivity index (χ2n) is 8.91. The molecule has 1 N–H and O–H groups in total. The zero-order valence-corrected chi connectivity index (χ0v) is 17.1. The predicted octanol–water partition coefficient (Wildman–Crippen LogP) is 2.56. The van der Waals surface area contributed by atoms with Crippen molar-refractivity contribution in [3.63, 3.8) is 0 Å². The molecule has 158 valence electrons. The molecule has 5 rings (SSSR count). The van der Waals surface area contributed by atoms with Crippen molar-refractivity contribution in [3.05, 3.63) is 48.6 Å². The minimum absolute atomic E-state index is 0.0557. The van der Waals surface area contributed by atoms with Gasteiger partial charge in [0.25, 0.3) is 5.91 Å². The number of amides is 2. The molecule has 2 saturated heterocycles. The van der Waals surface area contributed by atoms with E-state index in [9.17, 15) is 9.59 Å². The Bertz CT molecular complexity index is 896. The van der Waals surface area contributed by atoms with E-state index >= 15 is 0 Å². The van der Waals surface area contributed by atoms with E-state index in [-0.39, 0.29) is 17.7 Å². The van der Waals surface area contributed by atoms with Gasteiger partial charge in [0.15, 0.2) is 5.76 Å². The Morgan fingerprint density at radius 1 is 1.20 bits per heavy atom. The molecule has 0 bridgehead atoms. The van der Waals surface area contributed by atoms with Gasteiger partial charge >= 0.3 is 0 Å². The van der Waals surface area contributed by atoms with Crippen molar-refractivity contribution in [1.82, 2.24) is 15.2 Å². The van der Waals surface area contributed by atoms with Crippen LogP contribution in [0.4, 0.5) is 5.82 Å². The highest BCUT2D eigenvalue weighted by atomic mass is 16.3. The van der Waals surface area contributed by atoms with Gasteiger partial charge in [-0.05, 0) is 55.9 Å². The van der Waals surface area contributed by atoms with Crippen LogP contribution in [0.1, 0.15) is 36.2 Å². The monoisotopic (exact) mass is 408 g/mol. The molecule has 1 aliphatic carbocycles. The van der Waals surface area contributed by atoms with E-state index in [0.717, 1.165) is 31.7 Å². The summed E-state index contributed by atoms with van der Waals surface area (Å²) in [5.41, 5.74) is -0.495. The lowest BCUT2D eigenvalue weighted by Gasteiger charge is -2.32. The van der Waals surface area contributed by atoms with Crippen molar-refractivity contribution < 1.29 is 14.0 Å². The first-order chi connectivity index (χ1) is 14.7. The number of nitrogens with one attached hydrogen (secondary N) is 1. The van der Waals surface area contributed by atoms with Crippen molar-refractivity contribution in [2.75, 3.05) is 37.6 Å². The van der Waals surface area contributed by atoms with Gasteiger partial charge in [-0.2, -0.15) is 0 Å². The maximum atomic E-state index is 13.5. The van der Waals surface area contributed by atoms with Crippen LogP contribution in [0.2, 0.25) is 0 Å². The number of hydrogen-bond donors (Lipinski definition) is 1. The molecule has 30 heavy (non-hydrogen) atoms. The van der Waals surface area contributed by atoms with Crippen molar-refractivity contribution in [2.24, 2.45) is 17.3 Å². The van der Waals surface area contributed by atoms with Crippen molar-refractivity contribution in [2.45, 2.75) is 25.7 Å². The van der Waals surface area contributed by atoms with Gasteiger partial charge in [0.05, 0.1) is 11.7 Å². The lowest BCUT2D eigenvalue weighted by molar-refractivity contribution is -0.132. The SMILES string of the molecule is O=C(c1ccco1)N1CCC[C@]2(C(=O)NCC3CC3)CN(c3ccccn3)C[C@@H]2C1. The maximum absolute atomic E-state index is 13.5. The average molecular weight is 409 g/mol. The van der Waals surface area contributed by atoms with E-state index in [0.29, 0.717) is 31.3 Å². The van der Waals surface area contributed by atoms with Crippen molar-refractivity contribution >= 4 is 17.6 Å². The summed E-state index contributed by atoms with van der Waals surface area (Å²) in [6.45, 7) is 3.34. The molecular weight excluding hydrogens is 380 g/mol. The van der Waals surface area contributed by atoms with E-state index in [1.54, 1.807) is 18.3 Å². The third-order valence-electron chi connectivity index (χ3n) is 6.88. The highest BCUT2D eigenvalue weighted by Crippen LogP contribution is 2.44. The molecule has 7 nitrogen and oxygen atoms in total. The lowest BCUT2D eigenvalue weighted by atomic mass is 9.74. The molecular formula is C23H28N4O3. The Kier molecular flexibility index (Phi) is 4.97. The Morgan fingerprint density at radius 2 is 2.10 bits per heavy atom. The summed E-state index contributed by atoms with van der Waals surface area (Å²) < 4.78 is 5.34. The number of hydrogen-bond acceptors (Lipinski definition) is 5. The largest absolute Gasteiger partial charge is 0.459 e. The minimum atomic E-state index is -0.495. The molecule has 2 aromatic heterocycles. The Hall–Kier alpha value is -2.83. The molecule has 0 spiro atoms. The fourth-order valence-electron chi connectivity index (χ4n) is 4.99. The summed E-state index contributed by atoms with van der Waals surface area (Å²) in [4.78, 5) is 35.0. The third-order valence-corrected chi connectivity index (χ3v) is 6.88. The number of anilines is 1. The van der Waals surface area contributed by atoms with Crippen LogP contribution in [0.3, 0.4) is 0 Å². The molecule has 3 aliphatic rings. The quantitative estimate of drug-likeness (QED) is 0.823. The number of furan rings is 1. The number of pyridine rings is 1. The number of fused-ring (bicyclic) bond motifs is 1. The molecule has 2 aliphatic heterocycles. The molecule has 4 heterocycles. The van der Waals surface area contributed by atoms with E-state index < -0.39 is 5.41 Å².